The number of methoxy groups -OCH3 is 1. The summed E-state index contributed by atoms with van der Waals surface area (Å²) in [4.78, 5) is 34.4. The molecule has 7 heteroatoms. The van der Waals surface area contributed by atoms with Gasteiger partial charge in [-0.05, 0) is 50.8 Å². The molecule has 0 spiro atoms. The standard InChI is InChI=1S/C19H25NO6/c1-13(21)14-6-7-15(16(11-14)25-2)26-10-3-5-17(22)20-19(8-4-9-19)12-18(23)24/h6-7,11H,3-5,8-10,12H2,1-2H3,(H,20,22)(H,23,24). The van der Waals surface area contributed by atoms with Crippen molar-refractivity contribution in [3.05, 3.63) is 23.8 Å². The molecule has 2 N–H and O–H groups in total. The first-order valence-corrected chi connectivity index (χ1v) is 8.70. The first-order chi connectivity index (χ1) is 12.3. The number of carboxylic acids is 1. The summed E-state index contributed by atoms with van der Waals surface area (Å²) in [5.41, 5.74) is -0.0343. The van der Waals surface area contributed by atoms with E-state index in [2.05, 4.69) is 5.32 Å². The maximum absolute atomic E-state index is 12.1. The fourth-order valence-corrected chi connectivity index (χ4v) is 3.02. The van der Waals surface area contributed by atoms with E-state index < -0.39 is 11.5 Å². The fourth-order valence-electron chi connectivity index (χ4n) is 3.02. The van der Waals surface area contributed by atoms with E-state index in [0.717, 1.165) is 6.42 Å². The molecule has 0 unspecified atom stereocenters. The molecule has 0 bridgehead atoms. The number of hydrogen-bond donors (Lipinski definition) is 2. The number of carbonyl (C=O) groups excluding carboxylic acids is 2. The van der Waals surface area contributed by atoms with Gasteiger partial charge < -0.3 is 19.9 Å². The van der Waals surface area contributed by atoms with E-state index in [1.165, 1.54) is 14.0 Å². The Bertz CT molecular complexity index is 681. The van der Waals surface area contributed by atoms with Gasteiger partial charge in [0.1, 0.15) is 0 Å². The molecule has 0 heterocycles. The molecule has 0 atom stereocenters. The largest absolute Gasteiger partial charge is 0.493 e. The minimum atomic E-state index is -0.894. The highest BCUT2D eigenvalue weighted by molar-refractivity contribution is 5.94. The van der Waals surface area contributed by atoms with Crippen molar-refractivity contribution in [2.24, 2.45) is 0 Å². The predicted octanol–water partition coefficient (Wildman–Crippen LogP) is 2.57. The molecule has 142 valence electrons. The molecular weight excluding hydrogens is 338 g/mol. The summed E-state index contributed by atoms with van der Waals surface area (Å²) in [6, 6.07) is 4.96. The minimum Gasteiger partial charge on any atom is -0.493 e. The second-order valence-electron chi connectivity index (χ2n) is 6.63. The van der Waals surface area contributed by atoms with Crippen LogP contribution in [-0.2, 0) is 9.59 Å². The van der Waals surface area contributed by atoms with Crippen LogP contribution in [0.5, 0.6) is 11.5 Å². The van der Waals surface area contributed by atoms with E-state index in [-0.39, 0.29) is 24.5 Å². The summed E-state index contributed by atoms with van der Waals surface area (Å²) in [6.07, 6.45) is 3.08. The molecule has 26 heavy (non-hydrogen) atoms. The van der Waals surface area contributed by atoms with Crippen LogP contribution in [0.25, 0.3) is 0 Å². The van der Waals surface area contributed by atoms with Crippen molar-refractivity contribution in [2.75, 3.05) is 13.7 Å². The second-order valence-corrected chi connectivity index (χ2v) is 6.63. The lowest BCUT2D eigenvalue weighted by Gasteiger charge is -2.41. The number of aliphatic carboxylic acids is 1. The first kappa shape index (κ1) is 19.8. The summed E-state index contributed by atoms with van der Waals surface area (Å²) >= 11 is 0. The van der Waals surface area contributed by atoms with E-state index in [1.807, 2.05) is 0 Å². The Morgan fingerprint density at radius 2 is 1.96 bits per heavy atom. The van der Waals surface area contributed by atoms with E-state index in [0.29, 0.717) is 42.9 Å². The quantitative estimate of drug-likeness (QED) is 0.489. The molecule has 1 amide bonds. The highest BCUT2D eigenvalue weighted by Gasteiger charge is 2.40. The Labute approximate surface area is 152 Å². The van der Waals surface area contributed by atoms with Crippen molar-refractivity contribution in [3.8, 4) is 11.5 Å². The SMILES string of the molecule is COc1cc(C(C)=O)ccc1OCCCC(=O)NC1(CC(=O)O)CCC1. The number of carbonyl (C=O) groups is 3. The lowest BCUT2D eigenvalue weighted by atomic mass is 9.74. The molecule has 7 nitrogen and oxygen atoms in total. The average Bonchev–Trinajstić information content (AvgIpc) is 2.56. The number of amides is 1. The van der Waals surface area contributed by atoms with E-state index in [4.69, 9.17) is 14.6 Å². The zero-order valence-corrected chi connectivity index (χ0v) is 15.2. The van der Waals surface area contributed by atoms with Gasteiger partial charge in [0.2, 0.25) is 5.91 Å². The van der Waals surface area contributed by atoms with Crippen LogP contribution in [0.15, 0.2) is 18.2 Å². The van der Waals surface area contributed by atoms with Crippen molar-refractivity contribution >= 4 is 17.7 Å². The van der Waals surface area contributed by atoms with Gasteiger partial charge in [-0.25, -0.2) is 0 Å². The zero-order chi connectivity index (χ0) is 19.2. The van der Waals surface area contributed by atoms with Crippen molar-refractivity contribution < 1.29 is 29.0 Å². The Hall–Kier alpha value is -2.57. The number of ketones is 1. The lowest BCUT2D eigenvalue weighted by molar-refractivity contribution is -0.140. The zero-order valence-electron chi connectivity index (χ0n) is 15.2. The van der Waals surface area contributed by atoms with Crippen LogP contribution in [0.3, 0.4) is 0 Å². The molecule has 1 aromatic rings. The van der Waals surface area contributed by atoms with Gasteiger partial charge in [0, 0.05) is 12.0 Å². The maximum atomic E-state index is 12.1. The number of carboxylic acid groups (broad SMARTS) is 1. The van der Waals surface area contributed by atoms with Gasteiger partial charge in [0.25, 0.3) is 0 Å². The topological polar surface area (TPSA) is 102 Å². The number of Topliss-reactive ketones (excluding diaryl/α,β-unsaturated/α-hetero) is 1. The monoisotopic (exact) mass is 363 g/mol. The van der Waals surface area contributed by atoms with Crippen molar-refractivity contribution in [3.63, 3.8) is 0 Å². The van der Waals surface area contributed by atoms with Gasteiger partial charge in [-0.15, -0.1) is 0 Å². The third kappa shape index (κ3) is 5.21. The first-order valence-electron chi connectivity index (χ1n) is 8.70. The summed E-state index contributed by atoms with van der Waals surface area (Å²) in [6.45, 7) is 1.79. The van der Waals surface area contributed by atoms with E-state index in [9.17, 15) is 14.4 Å². The maximum Gasteiger partial charge on any atom is 0.305 e. The van der Waals surface area contributed by atoms with Crippen molar-refractivity contribution in [2.45, 2.75) is 51.0 Å². The molecule has 1 aliphatic carbocycles. The van der Waals surface area contributed by atoms with Gasteiger partial charge >= 0.3 is 5.97 Å². The van der Waals surface area contributed by atoms with Crippen LogP contribution < -0.4 is 14.8 Å². The summed E-state index contributed by atoms with van der Waals surface area (Å²) in [5, 5.41) is 11.8. The predicted molar refractivity (Wildman–Crippen MR) is 94.7 cm³/mol. The lowest BCUT2D eigenvalue weighted by Crippen LogP contribution is -2.54. The molecule has 2 rings (SSSR count). The van der Waals surface area contributed by atoms with Crippen LogP contribution in [0.1, 0.15) is 55.8 Å². The Morgan fingerprint density at radius 3 is 2.50 bits per heavy atom. The van der Waals surface area contributed by atoms with Crippen LogP contribution in [0.4, 0.5) is 0 Å². The molecule has 0 aromatic heterocycles. The molecule has 1 saturated carbocycles. The third-order valence-electron chi connectivity index (χ3n) is 4.58. The highest BCUT2D eigenvalue weighted by atomic mass is 16.5. The van der Waals surface area contributed by atoms with Crippen LogP contribution in [0, 0.1) is 0 Å². The van der Waals surface area contributed by atoms with Gasteiger partial charge in [0.15, 0.2) is 17.3 Å². The fraction of sp³-hybridized carbons (Fsp3) is 0.526. The Kier molecular flexibility index (Phi) is 6.60. The van der Waals surface area contributed by atoms with E-state index in [1.54, 1.807) is 18.2 Å². The molecule has 1 fully saturated rings. The van der Waals surface area contributed by atoms with Crippen molar-refractivity contribution in [1.82, 2.24) is 5.32 Å². The number of rotatable bonds is 10. The summed E-state index contributed by atoms with van der Waals surface area (Å²) in [5.74, 6) is -0.128. The summed E-state index contributed by atoms with van der Waals surface area (Å²) < 4.78 is 10.9. The second kappa shape index (κ2) is 8.69. The molecule has 1 aromatic carbocycles. The third-order valence-corrected chi connectivity index (χ3v) is 4.58. The van der Waals surface area contributed by atoms with Crippen LogP contribution in [-0.4, -0.2) is 42.0 Å². The summed E-state index contributed by atoms with van der Waals surface area (Å²) in [7, 11) is 1.50. The van der Waals surface area contributed by atoms with E-state index >= 15 is 0 Å². The average molecular weight is 363 g/mol. The molecule has 0 radical (unpaired) electrons. The normalized spacial score (nSPS) is 14.8. The highest BCUT2D eigenvalue weighted by Crippen LogP contribution is 2.35. The van der Waals surface area contributed by atoms with Gasteiger partial charge in [-0.3, -0.25) is 14.4 Å². The molecule has 1 aliphatic rings. The van der Waals surface area contributed by atoms with Gasteiger partial charge in [-0.1, -0.05) is 0 Å². The van der Waals surface area contributed by atoms with Crippen LogP contribution >= 0.6 is 0 Å². The number of hydrogen-bond acceptors (Lipinski definition) is 5. The van der Waals surface area contributed by atoms with Gasteiger partial charge in [0.05, 0.1) is 25.7 Å². The van der Waals surface area contributed by atoms with Crippen LogP contribution in [0.2, 0.25) is 0 Å². The van der Waals surface area contributed by atoms with Gasteiger partial charge in [-0.2, -0.15) is 0 Å². The number of benzene rings is 1. The number of ether oxygens (including phenoxy) is 2. The smallest absolute Gasteiger partial charge is 0.305 e. The molecule has 0 saturated heterocycles. The Morgan fingerprint density at radius 1 is 1.23 bits per heavy atom. The molecular formula is C19H25NO6. The van der Waals surface area contributed by atoms with Crippen molar-refractivity contribution in [1.29, 1.82) is 0 Å². The molecule has 0 aliphatic heterocycles. The minimum absolute atomic E-state index is 0.0328. The Balaban J connectivity index is 1.79. The number of nitrogens with one attached hydrogen (secondary N) is 1.